The molecule has 0 atom stereocenters. The van der Waals surface area contributed by atoms with Crippen molar-refractivity contribution in [3.8, 4) is 11.9 Å². The summed E-state index contributed by atoms with van der Waals surface area (Å²) in [5, 5.41) is 8.77. The van der Waals surface area contributed by atoms with Gasteiger partial charge in [-0.3, -0.25) is 4.79 Å². The maximum Gasteiger partial charge on any atom is 0.256 e. The molecule has 1 saturated heterocycles. The lowest BCUT2D eigenvalue weighted by Crippen LogP contribution is -2.49. The number of hydrogen-bond acceptors (Lipinski definition) is 6. The number of rotatable bonds is 5. The number of alkyl halides is 1. The van der Waals surface area contributed by atoms with Gasteiger partial charge in [0.25, 0.3) is 5.88 Å². The van der Waals surface area contributed by atoms with Crippen LogP contribution in [0.1, 0.15) is 11.1 Å². The molecule has 28 heavy (non-hydrogen) atoms. The first kappa shape index (κ1) is 19.8. The highest BCUT2D eigenvalue weighted by Gasteiger charge is 2.25. The number of nitriles is 1. The summed E-state index contributed by atoms with van der Waals surface area (Å²) in [6.45, 7) is 1.34. The van der Waals surface area contributed by atoms with Crippen molar-refractivity contribution < 1.29 is 18.3 Å². The highest BCUT2D eigenvalue weighted by Crippen LogP contribution is 2.25. The molecule has 3 rings (SSSR count). The Kier molecular flexibility index (Phi) is 6.21. The number of halogens is 3. The summed E-state index contributed by atoms with van der Waals surface area (Å²) >= 11 is 5.55. The third kappa shape index (κ3) is 4.28. The Hall–Kier alpha value is -2.99. The Morgan fingerprint density at radius 2 is 2.00 bits per heavy atom. The summed E-state index contributed by atoms with van der Waals surface area (Å²) in [5.74, 6) is -1.87. The summed E-state index contributed by atoms with van der Waals surface area (Å²) < 4.78 is 34.0. The van der Waals surface area contributed by atoms with Crippen molar-refractivity contribution in [2.45, 2.75) is 6.61 Å². The van der Waals surface area contributed by atoms with E-state index in [1.165, 1.54) is 18.5 Å². The molecule has 0 aliphatic carbocycles. The van der Waals surface area contributed by atoms with Gasteiger partial charge in [0.05, 0.1) is 11.6 Å². The number of amides is 1. The molecule has 7 nitrogen and oxygen atoms in total. The molecule has 1 aliphatic rings. The van der Waals surface area contributed by atoms with E-state index in [0.717, 1.165) is 6.07 Å². The SMILES string of the molecule is N#Cc1ccc(COc2ncnc(N3CCN(C(=O)CCl)CC3)c2F)c(F)c1. The number of carbonyl (C=O) groups is 1. The minimum Gasteiger partial charge on any atom is -0.470 e. The smallest absolute Gasteiger partial charge is 0.256 e. The lowest BCUT2D eigenvalue weighted by atomic mass is 10.1. The van der Waals surface area contributed by atoms with Gasteiger partial charge >= 0.3 is 0 Å². The van der Waals surface area contributed by atoms with Gasteiger partial charge < -0.3 is 14.5 Å². The molecule has 10 heteroatoms. The Bertz CT molecular complexity index is 913. The van der Waals surface area contributed by atoms with Crippen LogP contribution in [-0.2, 0) is 11.4 Å². The van der Waals surface area contributed by atoms with Gasteiger partial charge in [-0.15, -0.1) is 11.6 Å². The molecular weight excluding hydrogens is 392 g/mol. The molecule has 1 fully saturated rings. The Labute approximate surface area is 165 Å². The highest BCUT2D eigenvalue weighted by molar-refractivity contribution is 6.27. The number of ether oxygens (including phenoxy) is 1. The molecule has 0 saturated carbocycles. The molecule has 0 unspecified atom stereocenters. The standard InChI is InChI=1S/C18H16ClF2N5O2/c19-8-15(27)25-3-5-26(6-4-25)17-16(21)18(24-11-23-17)28-10-13-2-1-12(9-22)7-14(13)20/h1-2,7,11H,3-6,8,10H2. The van der Waals surface area contributed by atoms with Crippen LogP contribution in [0.15, 0.2) is 24.5 Å². The van der Waals surface area contributed by atoms with E-state index in [-0.39, 0.29) is 41.2 Å². The fraction of sp³-hybridized carbons (Fsp3) is 0.333. The first-order valence-corrected chi connectivity index (χ1v) is 8.97. The normalized spacial score (nSPS) is 13.9. The molecular formula is C18H16ClF2N5O2. The van der Waals surface area contributed by atoms with E-state index in [9.17, 15) is 13.6 Å². The first-order chi connectivity index (χ1) is 13.5. The molecule has 0 N–H and O–H groups in total. The molecule has 2 heterocycles. The number of aromatic nitrogens is 2. The number of nitrogens with zero attached hydrogens (tertiary/aromatic N) is 5. The average molecular weight is 408 g/mol. The molecule has 0 spiro atoms. The van der Waals surface area contributed by atoms with Crippen LogP contribution in [0.3, 0.4) is 0 Å². The molecule has 1 aliphatic heterocycles. The van der Waals surface area contributed by atoms with Crippen LogP contribution in [0, 0.1) is 23.0 Å². The minimum atomic E-state index is -0.756. The predicted molar refractivity (Wildman–Crippen MR) is 97.0 cm³/mol. The van der Waals surface area contributed by atoms with E-state index in [4.69, 9.17) is 21.6 Å². The van der Waals surface area contributed by atoms with E-state index in [0.29, 0.717) is 26.2 Å². The zero-order valence-corrected chi connectivity index (χ0v) is 15.5. The lowest BCUT2D eigenvalue weighted by molar-refractivity contribution is -0.128. The Morgan fingerprint density at radius 1 is 1.25 bits per heavy atom. The van der Waals surface area contributed by atoms with Gasteiger partial charge in [0.2, 0.25) is 11.7 Å². The lowest BCUT2D eigenvalue weighted by Gasteiger charge is -2.35. The van der Waals surface area contributed by atoms with E-state index >= 15 is 0 Å². The summed E-state index contributed by atoms with van der Waals surface area (Å²) in [5.41, 5.74) is 0.357. The van der Waals surface area contributed by atoms with Crippen molar-refractivity contribution in [3.63, 3.8) is 0 Å². The number of benzene rings is 1. The van der Waals surface area contributed by atoms with Crippen molar-refractivity contribution in [2.75, 3.05) is 37.0 Å². The number of piperazine rings is 1. The highest BCUT2D eigenvalue weighted by atomic mass is 35.5. The molecule has 0 bridgehead atoms. The summed E-state index contributed by atoms with van der Waals surface area (Å²) in [6, 6.07) is 5.78. The summed E-state index contributed by atoms with van der Waals surface area (Å²) in [6.07, 6.45) is 1.17. The van der Waals surface area contributed by atoms with Gasteiger partial charge in [-0.1, -0.05) is 6.07 Å². The molecule has 1 aromatic carbocycles. The second-order valence-electron chi connectivity index (χ2n) is 6.02. The number of carbonyl (C=O) groups excluding carboxylic acids is 1. The molecule has 0 radical (unpaired) electrons. The molecule has 1 aromatic heterocycles. The van der Waals surface area contributed by atoms with Crippen LogP contribution in [-0.4, -0.2) is 52.8 Å². The third-order valence-electron chi connectivity index (χ3n) is 4.33. The third-order valence-corrected chi connectivity index (χ3v) is 4.56. The zero-order valence-electron chi connectivity index (χ0n) is 14.7. The van der Waals surface area contributed by atoms with Crippen molar-refractivity contribution in [1.29, 1.82) is 5.26 Å². The van der Waals surface area contributed by atoms with Crippen LogP contribution in [0.5, 0.6) is 5.88 Å². The minimum absolute atomic E-state index is 0.0586. The maximum absolute atomic E-state index is 14.8. The zero-order chi connectivity index (χ0) is 20.1. The quantitative estimate of drug-likeness (QED) is 0.706. The second kappa shape index (κ2) is 8.80. The van der Waals surface area contributed by atoms with E-state index in [1.807, 2.05) is 6.07 Å². The van der Waals surface area contributed by atoms with Gasteiger partial charge in [-0.05, 0) is 12.1 Å². The van der Waals surface area contributed by atoms with Crippen LogP contribution in [0.4, 0.5) is 14.6 Å². The second-order valence-corrected chi connectivity index (χ2v) is 6.29. The van der Waals surface area contributed by atoms with Crippen LogP contribution < -0.4 is 9.64 Å². The number of hydrogen-bond donors (Lipinski definition) is 0. The van der Waals surface area contributed by atoms with Crippen molar-refractivity contribution in [3.05, 3.63) is 47.3 Å². The van der Waals surface area contributed by atoms with Crippen LogP contribution in [0.25, 0.3) is 0 Å². The number of anilines is 1. The first-order valence-electron chi connectivity index (χ1n) is 8.44. The van der Waals surface area contributed by atoms with E-state index in [1.54, 1.807) is 9.80 Å². The fourth-order valence-electron chi connectivity index (χ4n) is 2.80. The van der Waals surface area contributed by atoms with Gasteiger partial charge in [-0.2, -0.15) is 14.6 Å². The molecule has 1 amide bonds. The van der Waals surface area contributed by atoms with Gasteiger partial charge in [0.1, 0.15) is 24.6 Å². The predicted octanol–water partition coefficient (Wildman–Crippen LogP) is 2.09. The van der Waals surface area contributed by atoms with Crippen LogP contribution >= 0.6 is 11.6 Å². The summed E-state index contributed by atoms with van der Waals surface area (Å²) in [4.78, 5) is 22.7. The Balaban J connectivity index is 1.68. The summed E-state index contributed by atoms with van der Waals surface area (Å²) in [7, 11) is 0. The van der Waals surface area contributed by atoms with Crippen LogP contribution in [0.2, 0.25) is 0 Å². The van der Waals surface area contributed by atoms with Gasteiger partial charge in [0, 0.05) is 31.7 Å². The average Bonchev–Trinajstić information content (AvgIpc) is 2.73. The topological polar surface area (TPSA) is 82.3 Å². The van der Waals surface area contributed by atoms with Crippen molar-refractivity contribution in [1.82, 2.24) is 14.9 Å². The maximum atomic E-state index is 14.8. The van der Waals surface area contributed by atoms with Gasteiger partial charge in [-0.25, -0.2) is 9.37 Å². The fourth-order valence-corrected chi connectivity index (χ4v) is 2.97. The molecule has 2 aromatic rings. The monoisotopic (exact) mass is 407 g/mol. The largest absolute Gasteiger partial charge is 0.470 e. The molecule has 146 valence electrons. The van der Waals surface area contributed by atoms with Crippen molar-refractivity contribution >= 4 is 23.3 Å². The van der Waals surface area contributed by atoms with E-state index in [2.05, 4.69) is 9.97 Å². The van der Waals surface area contributed by atoms with E-state index < -0.39 is 11.6 Å². The van der Waals surface area contributed by atoms with Gasteiger partial charge in [0.15, 0.2) is 5.82 Å². The Morgan fingerprint density at radius 3 is 2.64 bits per heavy atom. The van der Waals surface area contributed by atoms with Crippen molar-refractivity contribution in [2.24, 2.45) is 0 Å².